The molecule has 1 aliphatic rings. The summed E-state index contributed by atoms with van der Waals surface area (Å²) in [6, 6.07) is 7.77. The number of ether oxygens (including phenoxy) is 2. The Labute approximate surface area is 120 Å². The summed E-state index contributed by atoms with van der Waals surface area (Å²) in [5.41, 5.74) is 0. The molecule has 106 valence electrons. The van der Waals surface area contributed by atoms with E-state index in [9.17, 15) is 0 Å². The van der Waals surface area contributed by atoms with Gasteiger partial charge in [-0.25, -0.2) is 0 Å². The van der Waals surface area contributed by atoms with Crippen LogP contribution >= 0.6 is 11.8 Å². The Kier molecular flexibility index (Phi) is 6.37. The molecular formula is C15H23NO2S. The van der Waals surface area contributed by atoms with Crippen molar-refractivity contribution in [2.75, 3.05) is 38.3 Å². The van der Waals surface area contributed by atoms with E-state index < -0.39 is 0 Å². The van der Waals surface area contributed by atoms with Crippen molar-refractivity contribution in [3.05, 3.63) is 24.3 Å². The average Bonchev–Trinajstić information content (AvgIpc) is 2.48. The first-order chi connectivity index (χ1) is 9.40. The van der Waals surface area contributed by atoms with Gasteiger partial charge in [0.15, 0.2) is 11.5 Å². The van der Waals surface area contributed by atoms with Crippen molar-refractivity contribution >= 4 is 11.8 Å². The second-order valence-electron chi connectivity index (χ2n) is 4.76. The van der Waals surface area contributed by atoms with E-state index in [0.717, 1.165) is 30.5 Å². The predicted octanol–water partition coefficient (Wildman–Crippen LogP) is 2.81. The molecule has 1 heterocycles. The third-order valence-electron chi connectivity index (χ3n) is 3.38. The molecule has 4 heteroatoms. The zero-order chi connectivity index (χ0) is 13.3. The molecule has 0 atom stereocenters. The number of rotatable bonds is 7. The van der Waals surface area contributed by atoms with E-state index >= 15 is 0 Å². The summed E-state index contributed by atoms with van der Waals surface area (Å²) < 4.78 is 11.0. The number of hydrogen-bond acceptors (Lipinski definition) is 4. The molecule has 0 unspecified atom stereocenters. The monoisotopic (exact) mass is 281 g/mol. The molecule has 0 spiro atoms. The molecule has 19 heavy (non-hydrogen) atoms. The summed E-state index contributed by atoms with van der Waals surface area (Å²) in [6.07, 6.45) is 2.70. The molecule has 1 aliphatic heterocycles. The maximum Gasteiger partial charge on any atom is 0.161 e. The summed E-state index contributed by atoms with van der Waals surface area (Å²) >= 11 is 2.08. The van der Waals surface area contributed by atoms with Gasteiger partial charge in [-0.2, -0.15) is 11.8 Å². The molecule has 1 N–H and O–H groups in total. The number of nitrogens with one attached hydrogen (secondary N) is 1. The van der Waals surface area contributed by atoms with Crippen molar-refractivity contribution in [1.82, 2.24) is 5.32 Å². The van der Waals surface area contributed by atoms with E-state index in [4.69, 9.17) is 9.47 Å². The number of hydrogen-bond donors (Lipinski definition) is 1. The first kappa shape index (κ1) is 14.5. The molecule has 1 fully saturated rings. The van der Waals surface area contributed by atoms with Gasteiger partial charge in [0.2, 0.25) is 0 Å². The molecule has 0 saturated carbocycles. The van der Waals surface area contributed by atoms with Crippen LogP contribution in [-0.4, -0.2) is 38.3 Å². The highest BCUT2D eigenvalue weighted by Crippen LogP contribution is 2.25. The molecule has 0 bridgehead atoms. The fourth-order valence-electron chi connectivity index (χ4n) is 2.23. The number of benzene rings is 1. The van der Waals surface area contributed by atoms with Gasteiger partial charge in [0, 0.05) is 6.54 Å². The lowest BCUT2D eigenvalue weighted by Gasteiger charge is -2.21. The lowest BCUT2D eigenvalue weighted by molar-refractivity contribution is 0.287. The minimum atomic E-state index is 0.682. The second kappa shape index (κ2) is 8.33. The number of methoxy groups -OCH3 is 1. The Morgan fingerprint density at radius 2 is 1.95 bits per heavy atom. The Bertz CT molecular complexity index is 367. The Morgan fingerprint density at radius 3 is 2.68 bits per heavy atom. The molecule has 1 aromatic carbocycles. The maximum atomic E-state index is 5.73. The third-order valence-corrected chi connectivity index (χ3v) is 4.43. The van der Waals surface area contributed by atoms with Crippen molar-refractivity contribution in [1.29, 1.82) is 0 Å². The lowest BCUT2D eigenvalue weighted by Crippen LogP contribution is -2.29. The molecule has 0 aromatic heterocycles. The normalized spacial score (nSPS) is 16.3. The van der Waals surface area contributed by atoms with Crippen molar-refractivity contribution in [3.63, 3.8) is 0 Å². The zero-order valence-corrected chi connectivity index (χ0v) is 12.4. The predicted molar refractivity (Wildman–Crippen MR) is 81.4 cm³/mol. The van der Waals surface area contributed by atoms with Crippen LogP contribution in [0.1, 0.15) is 12.8 Å². The van der Waals surface area contributed by atoms with Gasteiger partial charge in [-0.15, -0.1) is 0 Å². The highest BCUT2D eigenvalue weighted by atomic mass is 32.2. The van der Waals surface area contributed by atoms with Crippen LogP contribution in [0.2, 0.25) is 0 Å². The van der Waals surface area contributed by atoms with Crippen molar-refractivity contribution in [2.24, 2.45) is 5.92 Å². The molecule has 1 aromatic rings. The smallest absolute Gasteiger partial charge is 0.161 e. The topological polar surface area (TPSA) is 30.5 Å². The quantitative estimate of drug-likeness (QED) is 0.779. The zero-order valence-electron chi connectivity index (χ0n) is 11.6. The highest BCUT2D eigenvalue weighted by molar-refractivity contribution is 7.99. The van der Waals surface area contributed by atoms with E-state index in [0.29, 0.717) is 6.61 Å². The van der Waals surface area contributed by atoms with Gasteiger partial charge in [-0.1, -0.05) is 12.1 Å². The van der Waals surface area contributed by atoms with Crippen LogP contribution in [0.5, 0.6) is 11.5 Å². The largest absolute Gasteiger partial charge is 0.493 e. The molecule has 2 rings (SSSR count). The summed E-state index contributed by atoms with van der Waals surface area (Å²) in [7, 11) is 1.67. The van der Waals surface area contributed by atoms with Gasteiger partial charge in [0.1, 0.15) is 6.61 Å². The molecule has 3 nitrogen and oxygen atoms in total. The van der Waals surface area contributed by atoms with Crippen molar-refractivity contribution in [2.45, 2.75) is 12.8 Å². The lowest BCUT2D eigenvalue weighted by atomic mass is 10.0. The van der Waals surface area contributed by atoms with Crippen LogP contribution in [-0.2, 0) is 0 Å². The van der Waals surface area contributed by atoms with E-state index in [2.05, 4.69) is 17.1 Å². The van der Waals surface area contributed by atoms with Crippen LogP contribution < -0.4 is 14.8 Å². The molecule has 0 amide bonds. The van der Waals surface area contributed by atoms with Crippen molar-refractivity contribution in [3.8, 4) is 11.5 Å². The van der Waals surface area contributed by atoms with Gasteiger partial charge in [0.05, 0.1) is 7.11 Å². The Hall–Kier alpha value is -0.870. The highest BCUT2D eigenvalue weighted by Gasteiger charge is 2.12. The average molecular weight is 281 g/mol. The Morgan fingerprint density at radius 1 is 1.21 bits per heavy atom. The minimum absolute atomic E-state index is 0.682. The fourth-order valence-corrected chi connectivity index (χ4v) is 3.43. The summed E-state index contributed by atoms with van der Waals surface area (Å²) in [4.78, 5) is 0. The van der Waals surface area contributed by atoms with Crippen LogP contribution in [0.4, 0.5) is 0 Å². The minimum Gasteiger partial charge on any atom is -0.493 e. The SMILES string of the molecule is COc1ccccc1OCCNCC1CCSCC1. The standard InChI is InChI=1S/C15H23NO2S/c1-17-14-4-2-3-5-15(14)18-9-8-16-12-13-6-10-19-11-7-13/h2-5,13,16H,6-12H2,1H3. The van der Waals surface area contributed by atoms with Crippen molar-refractivity contribution < 1.29 is 9.47 Å². The van der Waals surface area contributed by atoms with Gasteiger partial charge >= 0.3 is 0 Å². The van der Waals surface area contributed by atoms with Crippen LogP contribution in [0.25, 0.3) is 0 Å². The van der Waals surface area contributed by atoms with Gasteiger partial charge in [0.25, 0.3) is 0 Å². The van der Waals surface area contributed by atoms with E-state index in [1.165, 1.54) is 24.3 Å². The van der Waals surface area contributed by atoms with Gasteiger partial charge in [-0.3, -0.25) is 0 Å². The number of para-hydroxylation sites is 2. The summed E-state index contributed by atoms with van der Waals surface area (Å²) in [5.74, 6) is 5.12. The first-order valence-electron chi connectivity index (χ1n) is 6.94. The van der Waals surface area contributed by atoms with E-state index in [1.54, 1.807) is 7.11 Å². The van der Waals surface area contributed by atoms with E-state index in [-0.39, 0.29) is 0 Å². The number of thioether (sulfide) groups is 1. The van der Waals surface area contributed by atoms with Gasteiger partial charge < -0.3 is 14.8 Å². The van der Waals surface area contributed by atoms with Gasteiger partial charge in [-0.05, 0) is 48.9 Å². The Balaban J connectivity index is 1.61. The van der Waals surface area contributed by atoms with E-state index in [1.807, 2.05) is 24.3 Å². The molecule has 1 saturated heterocycles. The fraction of sp³-hybridized carbons (Fsp3) is 0.600. The third kappa shape index (κ3) is 4.96. The first-order valence-corrected chi connectivity index (χ1v) is 8.10. The molecule has 0 aliphatic carbocycles. The summed E-state index contributed by atoms with van der Waals surface area (Å²) in [6.45, 7) is 2.69. The van der Waals surface area contributed by atoms with Crippen LogP contribution in [0, 0.1) is 5.92 Å². The van der Waals surface area contributed by atoms with Crippen LogP contribution in [0.15, 0.2) is 24.3 Å². The maximum absolute atomic E-state index is 5.73. The second-order valence-corrected chi connectivity index (χ2v) is 5.98. The molecule has 0 radical (unpaired) electrons. The molecular weight excluding hydrogens is 258 g/mol. The van der Waals surface area contributed by atoms with Crippen LogP contribution in [0.3, 0.4) is 0 Å². The summed E-state index contributed by atoms with van der Waals surface area (Å²) in [5, 5.41) is 3.49.